The topological polar surface area (TPSA) is 100 Å². The van der Waals surface area contributed by atoms with Crippen LogP contribution in [0.4, 0.5) is 10.2 Å². The Morgan fingerprint density at radius 1 is 1.07 bits per heavy atom. The normalized spacial score (nSPS) is 21.3. The summed E-state index contributed by atoms with van der Waals surface area (Å²) in [4.78, 5) is 22.8. The van der Waals surface area contributed by atoms with Gasteiger partial charge < -0.3 is 9.30 Å². The molecule has 4 aromatic rings. The first-order chi connectivity index (χ1) is 21.0. The molecule has 0 N–H and O–H groups in total. The van der Waals surface area contributed by atoms with E-state index in [1.165, 1.54) is 0 Å². The lowest BCUT2D eigenvalue weighted by atomic mass is 9.96. The smallest absolute Gasteiger partial charge is 0.260 e. The molecule has 4 aliphatic rings. The lowest BCUT2D eigenvalue weighted by molar-refractivity contribution is 0.0995. The molecule has 0 spiro atoms. The summed E-state index contributed by atoms with van der Waals surface area (Å²) in [5, 5.41) is 17.9. The van der Waals surface area contributed by atoms with Crippen LogP contribution in [0, 0.1) is 17.1 Å². The summed E-state index contributed by atoms with van der Waals surface area (Å²) < 4.78 is 23.2. The van der Waals surface area contributed by atoms with Crippen molar-refractivity contribution in [3.8, 4) is 28.6 Å². The average Bonchev–Trinajstić information content (AvgIpc) is 3.26. The lowest BCUT2D eigenvalue weighted by Crippen LogP contribution is -2.31. The first-order valence-electron chi connectivity index (χ1n) is 14.9. The number of hydrogen-bond acceptors (Lipinski definition) is 7. The van der Waals surface area contributed by atoms with E-state index in [2.05, 4.69) is 27.2 Å². The quantitative estimate of drug-likeness (QED) is 0.321. The summed E-state index contributed by atoms with van der Waals surface area (Å²) in [6.07, 6.45) is 5.95. The van der Waals surface area contributed by atoms with E-state index < -0.39 is 0 Å². The molecule has 0 radical (unpaired) electrons. The minimum absolute atomic E-state index is 0.132. The molecule has 216 valence electrons. The molecule has 2 aromatic carbocycles. The van der Waals surface area contributed by atoms with Gasteiger partial charge in [0, 0.05) is 61.1 Å². The number of amides is 1. The Kier molecular flexibility index (Phi) is 6.13. The molecule has 1 aliphatic carbocycles. The van der Waals surface area contributed by atoms with E-state index in [-0.39, 0.29) is 24.4 Å². The molecule has 0 unspecified atom stereocenters. The second-order valence-corrected chi connectivity index (χ2v) is 12.1. The number of hydrogen-bond donors (Lipinski definition) is 0. The van der Waals surface area contributed by atoms with Gasteiger partial charge in [-0.25, -0.2) is 9.37 Å². The summed E-state index contributed by atoms with van der Waals surface area (Å²) >= 11 is 0. The van der Waals surface area contributed by atoms with Gasteiger partial charge in [-0.1, -0.05) is 6.07 Å². The number of aromatic nitrogens is 4. The highest BCUT2D eigenvalue weighted by atomic mass is 19.1. The molecule has 2 saturated heterocycles. The van der Waals surface area contributed by atoms with Gasteiger partial charge in [-0.05, 0) is 78.8 Å². The Morgan fingerprint density at radius 2 is 1.95 bits per heavy atom. The zero-order valence-corrected chi connectivity index (χ0v) is 23.8. The Labute approximate surface area is 248 Å². The van der Waals surface area contributed by atoms with Gasteiger partial charge in [0.1, 0.15) is 18.0 Å². The van der Waals surface area contributed by atoms with Crippen molar-refractivity contribution in [2.75, 3.05) is 18.1 Å². The van der Waals surface area contributed by atoms with Crippen LogP contribution >= 0.6 is 0 Å². The van der Waals surface area contributed by atoms with Crippen LogP contribution in [-0.4, -0.2) is 55.9 Å². The number of nitrogens with zero attached hydrogens (tertiary/aromatic N) is 7. The Bertz CT molecular complexity index is 1820. The number of benzene rings is 2. The molecular formula is C33H30FN7O2. The maximum atomic E-state index is 15.6. The summed E-state index contributed by atoms with van der Waals surface area (Å²) in [5.41, 5.74) is 5.54. The fourth-order valence-electron chi connectivity index (χ4n) is 6.91. The molecular weight excluding hydrogens is 545 g/mol. The van der Waals surface area contributed by atoms with E-state index in [0.717, 1.165) is 66.8 Å². The number of rotatable bonds is 6. The number of anilines is 1. The summed E-state index contributed by atoms with van der Waals surface area (Å²) in [6, 6.07) is 15.5. The van der Waals surface area contributed by atoms with Gasteiger partial charge in [-0.15, -0.1) is 10.2 Å². The predicted octanol–water partition coefficient (Wildman–Crippen LogP) is 4.96. The summed E-state index contributed by atoms with van der Waals surface area (Å²) in [5.74, 6) is 0.866. The van der Waals surface area contributed by atoms with Crippen LogP contribution in [0.25, 0.3) is 22.5 Å². The Hall–Kier alpha value is -4.46. The first-order valence-corrected chi connectivity index (χ1v) is 14.9. The van der Waals surface area contributed by atoms with Gasteiger partial charge in [0.15, 0.2) is 5.82 Å². The molecule has 10 heteroatoms. The Morgan fingerprint density at radius 3 is 2.74 bits per heavy atom. The predicted molar refractivity (Wildman–Crippen MR) is 156 cm³/mol. The van der Waals surface area contributed by atoms with Crippen molar-refractivity contribution in [2.45, 2.75) is 56.8 Å². The third-order valence-electron chi connectivity index (χ3n) is 9.29. The highest BCUT2D eigenvalue weighted by molar-refractivity contribution is 6.10. The van der Waals surface area contributed by atoms with E-state index in [0.29, 0.717) is 46.8 Å². The summed E-state index contributed by atoms with van der Waals surface area (Å²) in [7, 11) is 1.86. The van der Waals surface area contributed by atoms with Gasteiger partial charge in [-0.3, -0.25) is 14.6 Å². The maximum Gasteiger partial charge on any atom is 0.260 e. The molecule has 3 fully saturated rings. The number of likely N-dealkylation sites (tertiary alicyclic amines) is 1. The van der Waals surface area contributed by atoms with Crippen molar-refractivity contribution < 1.29 is 13.9 Å². The number of pyridine rings is 1. The molecule has 3 aliphatic heterocycles. The largest absolute Gasteiger partial charge is 0.376 e. The van der Waals surface area contributed by atoms with Crippen molar-refractivity contribution in [1.82, 2.24) is 24.6 Å². The molecule has 5 heterocycles. The third-order valence-corrected chi connectivity index (χ3v) is 9.29. The second-order valence-electron chi connectivity index (χ2n) is 12.1. The fraction of sp³-hybridized carbons (Fsp3) is 0.364. The number of carbonyl (C=O) groups is 1. The van der Waals surface area contributed by atoms with Crippen molar-refractivity contribution in [3.05, 3.63) is 82.6 Å². The first kappa shape index (κ1) is 26.2. The SMILES string of the molecule is Cn1cnnc1-c1cc(C#N)ccc1-c1cc(C2CC2)nc(N2Cc3c(F)cc(CN4CC[C@@H]5OCC[C@@H]54)cc3C2=O)c1. The number of carbonyl (C=O) groups excluding carboxylic acids is 1. The standard InChI is InChI=1S/C33H30FN7O2/c1-39-18-36-38-32(39)24-10-19(15-35)2-5-23(24)22-13-28(21-3-4-21)37-31(14-22)41-17-26-25(33(41)42)11-20(12-27(26)34)16-40-8-6-30-29(40)7-9-43-30/h2,5,10-14,18,21,29-30H,3-4,6-9,16-17H2,1H3/t29-,30-/m0/s1. The van der Waals surface area contributed by atoms with Crippen LogP contribution in [-0.2, 0) is 24.9 Å². The zero-order valence-electron chi connectivity index (χ0n) is 23.8. The lowest BCUT2D eigenvalue weighted by Gasteiger charge is -2.22. The molecule has 43 heavy (non-hydrogen) atoms. The van der Waals surface area contributed by atoms with E-state index in [4.69, 9.17) is 9.72 Å². The Balaban J connectivity index is 1.16. The third kappa shape index (κ3) is 4.51. The van der Waals surface area contributed by atoms with E-state index in [9.17, 15) is 10.1 Å². The van der Waals surface area contributed by atoms with Gasteiger partial charge in [-0.2, -0.15) is 5.26 Å². The van der Waals surface area contributed by atoms with E-state index in [1.54, 1.807) is 23.4 Å². The molecule has 2 atom stereocenters. The molecule has 8 rings (SSSR count). The van der Waals surface area contributed by atoms with Crippen LogP contribution in [0.5, 0.6) is 0 Å². The highest BCUT2D eigenvalue weighted by Gasteiger charge is 2.39. The molecule has 9 nitrogen and oxygen atoms in total. The number of halogens is 1. The van der Waals surface area contributed by atoms with Gasteiger partial charge >= 0.3 is 0 Å². The summed E-state index contributed by atoms with van der Waals surface area (Å²) in [6.45, 7) is 2.42. The van der Waals surface area contributed by atoms with Crippen LogP contribution < -0.4 is 4.90 Å². The van der Waals surface area contributed by atoms with Crippen molar-refractivity contribution in [1.29, 1.82) is 5.26 Å². The molecule has 0 bridgehead atoms. The van der Waals surface area contributed by atoms with Crippen LogP contribution in [0.3, 0.4) is 0 Å². The van der Waals surface area contributed by atoms with Gasteiger partial charge in [0.2, 0.25) is 0 Å². The fourth-order valence-corrected chi connectivity index (χ4v) is 6.91. The van der Waals surface area contributed by atoms with Crippen LogP contribution in [0.2, 0.25) is 0 Å². The van der Waals surface area contributed by atoms with Crippen LogP contribution in [0.1, 0.15) is 64.3 Å². The number of ether oxygens (including phenoxy) is 1. The van der Waals surface area contributed by atoms with Crippen molar-refractivity contribution >= 4 is 11.7 Å². The van der Waals surface area contributed by atoms with Crippen LogP contribution in [0.15, 0.2) is 48.8 Å². The van der Waals surface area contributed by atoms with E-state index in [1.807, 2.05) is 35.9 Å². The maximum absolute atomic E-state index is 15.6. The molecule has 2 aromatic heterocycles. The zero-order chi connectivity index (χ0) is 29.2. The number of aryl methyl sites for hydroxylation is 1. The minimum Gasteiger partial charge on any atom is -0.376 e. The number of nitriles is 1. The highest BCUT2D eigenvalue weighted by Crippen LogP contribution is 2.43. The average molecular weight is 576 g/mol. The van der Waals surface area contributed by atoms with Crippen molar-refractivity contribution in [3.63, 3.8) is 0 Å². The molecule has 1 saturated carbocycles. The number of fused-ring (bicyclic) bond motifs is 2. The monoisotopic (exact) mass is 575 g/mol. The molecule has 1 amide bonds. The van der Waals surface area contributed by atoms with Crippen molar-refractivity contribution in [2.24, 2.45) is 7.05 Å². The second kappa shape index (κ2) is 10.1. The van der Waals surface area contributed by atoms with E-state index >= 15 is 4.39 Å². The minimum atomic E-state index is -0.350. The van der Waals surface area contributed by atoms with Gasteiger partial charge in [0.05, 0.1) is 24.3 Å². The van der Waals surface area contributed by atoms with Gasteiger partial charge in [0.25, 0.3) is 5.91 Å².